The monoisotopic (exact) mass is 241 g/mol. The minimum atomic E-state index is 0.0451. The van der Waals surface area contributed by atoms with Crippen molar-refractivity contribution in [2.24, 2.45) is 5.73 Å². The number of methoxy groups -OCH3 is 1. The Hall–Kier alpha value is -0.710. The highest BCUT2D eigenvalue weighted by atomic mass is 32.2. The third kappa shape index (κ3) is 3.70. The summed E-state index contributed by atoms with van der Waals surface area (Å²) in [6.45, 7) is 2.16. The number of ether oxygens (including phenoxy) is 1. The molecule has 0 aliphatic rings. The highest BCUT2D eigenvalue weighted by Crippen LogP contribution is 2.32. The summed E-state index contributed by atoms with van der Waals surface area (Å²) in [4.78, 5) is 0. The van der Waals surface area contributed by atoms with Crippen molar-refractivity contribution in [2.45, 2.75) is 18.2 Å². The van der Waals surface area contributed by atoms with Gasteiger partial charge in [0.2, 0.25) is 0 Å². The number of nitrogens with two attached hydrogens (primary N) is 1. The molecular weight excluding hydrogens is 222 g/mol. The summed E-state index contributed by atoms with van der Waals surface area (Å²) in [6, 6.07) is 7.96. The Morgan fingerprint density at radius 1 is 1.50 bits per heavy atom. The van der Waals surface area contributed by atoms with Crippen molar-refractivity contribution in [1.29, 1.82) is 0 Å². The molecule has 0 spiro atoms. The van der Waals surface area contributed by atoms with Crippen molar-refractivity contribution in [3.8, 4) is 5.75 Å². The van der Waals surface area contributed by atoms with E-state index in [0.29, 0.717) is 5.75 Å². The molecule has 2 unspecified atom stereocenters. The van der Waals surface area contributed by atoms with Gasteiger partial charge in [0.05, 0.1) is 13.7 Å². The molecule has 0 amide bonds. The zero-order valence-corrected chi connectivity index (χ0v) is 10.5. The van der Waals surface area contributed by atoms with Gasteiger partial charge in [0, 0.05) is 17.0 Å². The quantitative estimate of drug-likeness (QED) is 0.797. The van der Waals surface area contributed by atoms with E-state index < -0.39 is 0 Å². The van der Waals surface area contributed by atoms with E-state index in [1.807, 2.05) is 31.2 Å². The molecule has 0 heterocycles. The largest absolute Gasteiger partial charge is 0.497 e. The molecular formula is C12H19NO2S. The maximum Gasteiger partial charge on any atom is 0.119 e. The van der Waals surface area contributed by atoms with Gasteiger partial charge in [-0.3, -0.25) is 0 Å². The molecule has 0 saturated heterocycles. The summed E-state index contributed by atoms with van der Waals surface area (Å²) in [6.07, 6.45) is 0. The summed E-state index contributed by atoms with van der Waals surface area (Å²) >= 11 is 1.67. The Kier molecular flexibility index (Phi) is 5.66. The van der Waals surface area contributed by atoms with E-state index >= 15 is 0 Å². The van der Waals surface area contributed by atoms with Crippen molar-refractivity contribution >= 4 is 11.8 Å². The second kappa shape index (κ2) is 6.78. The van der Waals surface area contributed by atoms with E-state index in [9.17, 15) is 0 Å². The first kappa shape index (κ1) is 13.4. The van der Waals surface area contributed by atoms with Crippen molar-refractivity contribution in [2.75, 3.05) is 19.5 Å². The summed E-state index contributed by atoms with van der Waals surface area (Å²) in [5.41, 5.74) is 7.10. The Morgan fingerprint density at radius 2 is 2.25 bits per heavy atom. The molecule has 90 valence electrons. The van der Waals surface area contributed by atoms with Crippen LogP contribution >= 0.6 is 11.8 Å². The average molecular weight is 241 g/mol. The van der Waals surface area contributed by atoms with Crippen LogP contribution in [-0.2, 0) is 0 Å². The Morgan fingerprint density at radius 3 is 2.81 bits per heavy atom. The molecule has 3 nitrogen and oxygen atoms in total. The summed E-state index contributed by atoms with van der Waals surface area (Å²) < 4.78 is 5.19. The van der Waals surface area contributed by atoms with Gasteiger partial charge in [-0.05, 0) is 24.6 Å². The fourth-order valence-corrected chi connectivity index (χ4v) is 2.55. The van der Waals surface area contributed by atoms with Gasteiger partial charge in [0.1, 0.15) is 5.75 Å². The van der Waals surface area contributed by atoms with Gasteiger partial charge in [0.15, 0.2) is 0 Å². The van der Waals surface area contributed by atoms with E-state index in [-0.39, 0.29) is 17.9 Å². The fraction of sp³-hybridized carbons (Fsp3) is 0.500. The van der Waals surface area contributed by atoms with E-state index in [1.54, 1.807) is 18.9 Å². The second-order valence-electron chi connectivity index (χ2n) is 3.65. The molecule has 0 aliphatic carbocycles. The van der Waals surface area contributed by atoms with Gasteiger partial charge in [-0.25, -0.2) is 0 Å². The van der Waals surface area contributed by atoms with Crippen molar-refractivity contribution in [3.63, 3.8) is 0 Å². The van der Waals surface area contributed by atoms with Crippen LogP contribution in [0.1, 0.15) is 17.7 Å². The number of rotatable bonds is 6. The first-order valence-corrected chi connectivity index (χ1v) is 6.36. The molecule has 3 N–H and O–H groups in total. The van der Waals surface area contributed by atoms with Crippen LogP contribution in [0.15, 0.2) is 24.3 Å². The third-order valence-corrected chi connectivity index (χ3v) is 3.77. The molecule has 2 atom stereocenters. The highest BCUT2D eigenvalue weighted by Gasteiger charge is 2.16. The van der Waals surface area contributed by atoms with E-state index in [0.717, 1.165) is 11.3 Å². The Bertz CT molecular complexity index is 318. The third-order valence-electron chi connectivity index (χ3n) is 2.29. The lowest BCUT2D eigenvalue weighted by Gasteiger charge is -2.20. The topological polar surface area (TPSA) is 55.5 Å². The Labute approximate surface area is 101 Å². The number of hydrogen-bond acceptors (Lipinski definition) is 4. The first-order valence-electron chi connectivity index (χ1n) is 5.31. The van der Waals surface area contributed by atoms with Gasteiger partial charge in [-0.1, -0.05) is 12.1 Å². The predicted molar refractivity (Wildman–Crippen MR) is 68.9 cm³/mol. The molecule has 16 heavy (non-hydrogen) atoms. The normalized spacial score (nSPS) is 14.5. The maximum atomic E-state index is 8.86. The summed E-state index contributed by atoms with van der Waals surface area (Å²) in [7, 11) is 1.65. The fourth-order valence-electron chi connectivity index (χ4n) is 1.55. The summed E-state index contributed by atoms with van der Waals surface area (Å²) in [5.74, 6) is 1.54. The standard InChI is InChI=1S/C12H19NO2S/c1-9(13)12(16-7-6-14)10-4-3-5-11(8-10)15-2/h3-5,8-9,12,14H,6-7,13H2,1-2H3. The minimum Gasteiger partial charge on any atom is -0.497 e. The zero-order chi connectivity index (χ0) is 12.0. The number of aliphatic hydroxyl groups excluding tert-OH is 1. The molecule has 0 aromatic heterocycles. The van der Waals surface area contributed by atoms with Crippen molar-refractivity contribution in [1.82, 2.24) is 0 Å². The molecule has 1 rings (SSSR count). The predicted octanol–water partition coefficient (Wildman–Crippen LogP) is 1.81. The molecule has 0 fully saturated rings. The zero-order valence-electron chi connectivity index (χ0n) is 9.72. The average Bonchev–Trinajstić information content (AvgIpc) is 2.29. The van der Waals surface area contributed by atoms with E-state index in [2.05, 4.69) is 0 Å². The van der Waals surface area contributed by atoms with Crippen LogP contribution < -0.4 is 10.5 Å². The summed E-state index contributed by atoms with van der Waals surface area (Å²) in [5, 5.41) is 9.05. The molecule has 0 saturated carbocycles. The van der Waals surface area contributed by atoms with Crippen molar-refractivity contribution in [3.05, 3.63) is 29.8 Å². The first-order chi connectivity index (χ1) is 7.69. The van der Waals surface area contributed by atoms with Gasteiger partial charge >= 0.3 is 0 Å². The molecule has 0 radical (unpaired) electrons. The van der Waals surface area contributed by atoms with Gasteiger partial charge in [0.25, 0.3) is 0 Å². The minimum absolute atomic E-state index is 0.0451. The van der Waals surface area contributed by atoms with Crippen LogP contribution in [0.25, 0.3) is 0 Å². The molecule has 0 aliphatic heterocycles. The maximum absolute atomic E-state index is 8.86. The lowest BCUT2D eigenvalue weighted by molar-refractivity contribution is 0.322. The smallest absolute Gasteiger partial charge is 0.119 e. The van der Waals surface area contributed by atoms with Crippen LogP contribution in [-0.4, -0.2) is 30.6 Å². The molecule has 1 aromatic carbocycles. The lowest BCUT2D eigenvalue weighted by Crippen LogP contribution is -2.23. The number of aliphatic hydroxyl groups is 1. The number of hydrogen-bond donors (Lipinski definition) is 2. The van der Waals surface area contributed by atoms with Crippen LogP contribution in [0.3, 0.4) is 0 Å². The van der Waals surface area contributed by atoms with Gasteiger partial charge in [-0.15, -0.1) is 11.8 Å². The van der Waals surface area contributed by atoms with Crippen molar-refractivity contribution < 1.29 is 9.84 Å². The molecule has 4 heteroatoms. The van der Waals surface area contributed by atoms with Crippen LogP contribution in [0.2, 0.25) is 0 Å². The Balaban J connectivity index is 2.82. The second-order valence-corrected chi connectivity index (χ2v) is 4.90. The van der Waals surface area contributed by atoms with E-state index in [4.69, 9.17) is 15.6 Å². The van der Waals surface area contributed by atoms with E-state index in [1.165, 1.54) is 0 Å². The van der Waals surface area contributed by atoms with Crippen LogP contribution in [0.5, 0.6) is 5.75 Å². The molecule has 0 bridgehead atoms. The molecule has 1 aromatic rings. The van der Waals surface area contributed by atoms with Gasteiger partial charge < -0.3 is 15.6 Å². The SMILES string of the molecule is COc1cccc(C(SCCO)C(C)N)c1. The van der Waals surface area contributed by atoms with Crippen LogP contribution in [0, 0.1) is 0 Å². The van der Waals surface area contributed by atoms with Gasteiger partial charge in [-0.2, -0.15) is 0 Å². The highest BCUT2D eigenvalue weighted by molar-refractivity contribution is 7.99. The number of thioether (sulfide) groups is 1. The number of benzene rings is 1. The van der Waals surface area contributed by atoms with Crippen LogP contribution in [0.4, 0.5) is 0 Å². The lowest BCUT2D eigenvalue weighted by atomic mass is 10.1.